The highest BCUT2D eigenvalue weighted by atomic mass is 32.1. The number of thiophene rings is 1. The summed E-state index contributed by atoms with van der Waals surface area (Å²) >= 11 is 1.90. The van der Waals surface area contributed by atoms with Crippen molar-refractivity contribution in [1.29, 1.82) is 0 Å². The number of fused-ring (bicyclic) bond motifs is 1. The maximum absolute atomic E-state index is 6.59. The average molecular weight is 303 g/mol. The third-order valence-electron chi connectivity index (χ3n) is 4.64. The Balaban J connectivity index is 1.78. The smallest absolute Gasteiger partial charge is 0.0624 e. The molecule has 4 heteroatoms. The summed E-state index contributed by atoms with van der Waals surface area (Å²) in [7, 11) is 0. The van der Waals surface area contributed by atoms with Crippen molar-refractivity contribution in [1.82, 2.24) is 9.78 Å². The lowest BCUT2D eigenvalue weighted by atomic mass is 9.81. The molecule has 2 atom stereocenters. The zero-order chi connectivity index (χ0) is 14.8. The molecule has 0 bridgehead atoms. The topological polar surface area (TPSA) is 43.8 Å². The van der Waals surface area contributed by atoms with Gasteiger partial charge in [0.1, 0.15) is 0 Å². The average Bonchev–Trinajstić information content (AvgIpc) is 3.12. The second-order valence-corrected chi connectivity index (χ2v) is 6.96. The van der Waals surface area contributed by atoms with E-state index < -0.39 is 0 Å². The van der Waals surface area contributed by atoms with Crippen LogP contribution in [0.4, 0.5) is 0 Å². The van der Waals surface area contributed by atoms with Crippen molar-refractivity contribution >= 4 is 11.3 Å². The first-order valence-corrected chi connectivity index (χ1v) is 8.98. The van der Waals surface area contributed by atoms with Crippen molar-refractivity contribution in [3.63, 3.8) is 0 Å². The minimum absolute atomic E-state index is 0.199. The van der Waals surface area contributed by atoms with Gasteiger partial charge in [-0.25, -0.2) is 0 Å². The third kappa shape index (κ3) is 2.92. The van der Waals surface area contributed by atoms with Crippen LogP contribution in [0.3, 0.4) is 0 Å². The van der Waals surface area contributed by atoms with Crippen molar-refractivity contribution in [2.45, 2.75) is 64.5 Å². The molecule has 3 rings (SSSR count). The zero-order valence-electron chi connectivity index (χ0n) is 13.0. The fourth-order valence-corrected chi connectivity index (χ4v) is 4.47. The number of nitrogens with two attached hydrogens (primary N) is 1. The fraction of sp³-hybridized carbons (Fsp3) is 0.588. The van der Waals surface area contributed by atoms with E-state index in [1.54, 1.807) is 4.88 Å². The summed E-state index contributed by atoms with van der Waals surface area (Å²) in [6.07, 6.45) is 5.67. The highest BCUT2D eigenvalue weighted by Gasteiger charge is 2.27. The molecule has 2 N–H and O–H groups in total. The molecule has 114 valence electrons. The summed E-state index contributed by atoms with van der Waals surface area (Å²) in [6, 6.07) is 4.73. The zero-order valence-corrected chi connectivity index (χ0v) is 13.8. The maximum Gasteiger partial charge on any atom is 0.0624 e. The van der Waals surface area contributed by atoms with Gasteiger partial charge in [0, 0.05) is 35.5 Å². The first kappa shape index (κ1) is 14.8. The molecule has 2 unspecified atom stereocenters. The molecule has 3 nitrogen and oxygen atoms in total. The molecule has 0 saturated carbocycles. The maximum atomic E-state index is 6.59. The number of hydrogen-bond donors (Lipinski definition) is 1. The van der Waals surface area contributed by atoms with Gasteiger partial charge in [0.15, 0.2) is 0 Å². The molecule has 2 heterocycles. The molecule has 0 amide bonds. The van der Waals surface area contributed by atoms with Crippen LogP contribution in [0, 0.1) is 0 Å². The first-order chi connectivity index (χ1) is 10.2. The number of aryl methyl sites for hydroxylation is 3. The van der Waals surface area contributed by atoms with Crippen LogP contribution in [0.1, 0.15) is 54.4 Å². The van der Waals surface area contributed by atoms with Crippen LogP contribution in [0.25, 0.3) is 0 Å². The minimum atomic E-state index is 0.199. The van der Waals surface area contributed by atoms with Gasteiger partial charge < -0.3 is 5.73 Å². The van der Waals surface area contributed by atoms with Gasteiger partial charge in [-0.15, -0.1) is 11.3 Å². The van der Waals surface area contributed by atoms with Crippen molar-refractivity contribution < 1.29 is 0 Å². The summed E-state index contributed by atoms with van der Waals surface area (Å²) in [4.78, 5) is 1.56. The Bertz CT molecular complexity index is 599. The molecule has 1 aliphatic rings. The molecule has 2 aromatic rings. The van der Waals surface area contributed by atoms with E-state index in [1.165, 1.54) is 36.2 Å². The summed E-state index contributed by atoms with van der Waals surface area (Å²) in [5.74, 6) is 0.519. The van der Waals surface area contributed by atoms with E-state index in [9.17, 15) is 0 Å². The molecular weight excluding hydrogens is 278 g/mol. The Morgan fingerprint density at radius 1 is 1.48 bits per heavy atom. The van der Waals surface area contributed by atoms with Crippen LogP contribution in [-0.4, -0.2) is 15.8 Å². The van der Waals surface area contributed by atoms with Gasteiger partial charge in [-0.05, 0) is 55.7 Å². The monoisotopic (exact) mass is 303 g/mol. The Kier molecular flexibility index (Phi) is 4.45. The van der Waals surface area contributed by atoms with Crippen molar-refractivity contribution in [2.75, 3.05) is 0 Å². The molecule has 2 aromatic heterocycles. The Labute approximate surface area is 131 Å². The molecular formula is C17H25N3S. The van der Waals surface area contributed by atoms with Gasteiger partial charge in [0.2, 0.25) is 0 Å². The van der Waals surface area contributed by atoms with E-state index in [1.807, 2.05) is 11.3 Å². The molecule has 0 saturated heterocycles. The Morgan fingerprint density at radius 2 is 2.33 bits per heavy atom. The summed E-state index contributed by atoms with van der Waals surface area (Å²) in [6.45, 7) is 5.24. The number of hydrogen-bond acceptors (Lipinski definition) is 3. The van der Waals surface area contributed by atoms with E-state index in [-0.39, 0.29) is 6.04 Å². The summed E-state index contributed by atoms with van der Waals surface area (Å²) in [5.41, 5.74) is 10.6. The van der Waals surface area contributed by atoms with E-state index in [0.717, 1.165) is 19.4 Å². The van der Waals surface area contributed by atoms with Crippen molar-refractivity contribution in [3.8, 4) is 0 Å². The van der Waals surface area contributed by atoms with Gasteiger partial charge in [-0.2, -0.15) is 5.10 Å². The quantitative estimate of drug-likeness (QED) is 0.918. The first-order valence-electron chi connectivity index (χ1n) is 8.10. The molecule has 1 aliphatic carbocycles. The van der Waals surface area contributed by atoms with E-state index in [4.69, 9.17) is 5.73 Å². The van der Waals surface area contributed by atoms with Gasteiger partial charge >= 0.3 is 0 Å². The van der Waals surface area contributed by atoms with E-state index in [2.05, 4.69) is 41.1 Å². The summed E-state index contributed by atoms with van der Waals surface area (Å²) < 4.78 is 2.12. The van der Waals surface area contributed by atoms with Gasteiger partial charge in [0.05, 0.1) is 5.69 Å². The highest BCUT2D eigenvalue weighted by Crippen LogP contribution is 2.37. The molecule has 0 radical (unpaired) electrons. The second-order valence-electron chi connectivity index (χ2n) is 5.96. The summed E-state index contributed by atoms with van der Waals surface area (Å²) in [5, 5.41) is 6.87. The van der Waals surface area contributed by atoms with Gasteiger partial charge in [-0.3, -0.25) is 4.68 Å². The van der Waals surface area contributed by atoms with Crippen LogP contribution in [0.15, 0.2) is 17.5 Å². The fourth-order valence-electron chi connectivity index (χ4n) is 3.48. The lowest BCUT2D eigenvalue weighted by Crippen LogP contribution is -2.33. The van der Waals surface area contributed by atoms with Gasteiger partial charge in [0.25, 0.3) is 0 Å². The standard InChI is InChI=1S/C17H25N3S/c1-3-12-10-13(20(4-2)19-12)11-16(18)14-6-5-7-17-15(14)8-9-21-17/h8-10,14,16H,3-7,11,18H2,1-2H3. The molecule has 0 aliphatic heterocycles. The van der Waals surface area contributed by atoms with E-state index >= 15 is 0 Å². The number of aromatic nitrogens is 2. The van der Waals surface area contributed by atoms with Crippen LogP contribution in [0.2, 0.25) is 0 Å². The normalized spacial score (nSPS) is 19.5. The lowest BCUT2D eigenvalue weighted by Gasteiger charge is -2.28. The molecule has 21 heavy (non-hydrogen) atoms. The van der Waals surface area contributed by atoms with Crippen LogP contribution in [-0.2, 0) is 25.8 Å². The van der Waals surface area contributed by atoms with Crippen LogP contribution < -0.4 is 5.73 Å². The van der Waals surface area contributed by atoms with Crippen LogP contribution in [0.5, 0.6) is 0 Å². The van der Waals surface area contributed by atoms with Gasteiger partial charge in [-0.1, -0.05) is 6.92 Å². The number of rotatable bonds is 5. The minimum Gasteiger partial charge on any atom is -0.327 e. The number of nitrogens with zero attached hydrogens (tertiary/aromatic N) is 2. The Hall–Kier alpha value is -1.13. The lowest BCUT2D eigenvalue weighted by molar-refractivity contribution is 0.451. The Morgan fingerprint density at radius 3 is 3.10 bits per heavy atom. The highest BCUT2D eigenvalue weighted by molar-refractivity contribution is 7.10. The largest absolute Gasteiger partial charge is 0.327 e. The SMILES string of the molecule is CCc1cc(CC(N)C2CCCc3sccc32)n(CC)n1. The van der Waals surface area contributed by atoms with Crippen molar-refractivity contribution in [3.05, 3.63) is 39.3 Å². The van der Waals surface area contributed by atoms with E-state index in [0.29, 0.717) is 5.92 Å². The van der Waals surface area contributed by atoms with Crippen molar-refractivity contribution in [2.24, 2.45) is 5.73 Å². The molecule has 0 aromatic carbocycles. The molecule has 0 fully saturated rings. The predicted molar refractivity (Wildman–Crippen MR) is 89.0 cm³/mol. The van der Waals surface area contributed by atoms with Crippen LogP contribution >= 0.6 is 11.3 Å². The predicted octanol–water partition coefficient (Wildman–Crippen LogP) is 3.52. The second kappa shape index (κ2) is 6.32. The molecule has 0 spiro atoms. The third-order valence-corrected chi connectivity index (χ3v) is 5.63.